The Labute approximate surface area is 105 Å². The minimum Gasteiger partial charge on any atom is -0.466 e. The summed E-state index contributed by atoms with van der Waals surface area (Å²) in [6, 6.07) is 0.394. The van der Waals surface area contributed by atoms with Crippen LogP contribution < -0.4 is 5.73 Å². The smallest absolute Gasteiger partial charge is 0.305 e. The molecule has 1 aliphatic rings. The van der Waals surface area contributed by atoms with Crippen molar-refractivity contribution in [2.24, 2.45) is 11.7 Å². The number of nitrogens with two attached hydrogens (primary N) is 1. The van der Waals surface area contributed by atoms with Crippen LogP contribution >= 0.6 is 0 Å². The first-order chi connectivity index (χ1) is 8.22. The standard InChI is InChI=1S/C14H27NO2/c1-2-3-10-17-14(16)9-5-7-12-6-4-8-13(15)11-12/h12-13H,2-11,15H2,1H3. The molecule has 2 N–H and O–H groups in total. The summed E-state index contributed by atoms with van der Waals surface area (Å²) in [5, 5.41) is 0. The molecule has 100 valence electrons. The predicted octanol–water partition coefficient (Wildman–Crippen LogP) is 3.02. The molecule has 0 saturated heterocycles. The van der Waals surface area contributed by atoms with Gasteiger partial charge in [0.15, 0.2) is 0 Å². The van der Waals surface area contributed by atoms with Crippen molar-refractivity contribution >= 4 is 5.97 Å². The van der Waals surface area contributed by atoms with Crippen molar-refractivity contribution in [3.05, 3.63) is 0 Å². The summed E-state index contributed by atoms with van der Waals surface area (Å²) in [6.45, 7) is 2.68. The molecule has 1 fully saturated rings. The molecule has 3 heteroatoms. The van der Waals surface area contributed by atoms with Gasteiger partial charge in [-0.15, -0.1) is 0 Å². The lowest BCUT2D eigenvalue weighted by Gasteiger charge is -2.26. The van der Waals surface area contributed by atoms with Gasteiger partial charge in [-0.3, -0.25) is 4.79 Å². The number of rotatable bonds is 7. The van der Waals surface area contributed by atoms with E-state index < -0.39 is 0 Å². The van der Waals surface area contributed by atoms with E-state index in [2.05, 4.69) is 6.92 Å². The summed E-state index contributed by atoms with van der Waals surface area (Å²) >= 11 is 0. The summed E-state index contributed by atoms with van der Waals surface area (Å²) in [4.78, 5) is 11.4. The van der Waals surface area contributed by atoms with E-state index in [1.54, 1.807) is 0 Å². The highest BCUT2D eigenvalue weighted by atomic mass is 16.5. The topological polar surface area (TPSA) is 52.3 Å². The summed E-state index contributed by atoms with van der Waals surface area (Å²) < 4.78 is 5.13. The number of esters is 1. The Bertz CT molecular complexity index is 218. The van der Waals surface area contributed by atoms with Crippen molar-refractivity contribution in [3.63, 3.8) is 0 Å². The Balaban J connectivity index is 2.00. The Hall–Kier alpha value is -0.570. The molecule has 0 bridgehead atoms. The lowest BCUT2D eigenvalue weighted by atomic mass is 9.83. The van der Waals surface area contributed by atoms with Crippen molar-refractivity contribution in [1.29, 1.82) is 0 Å². The molecule has 1 aliphatic carbocycles. The molecule has 1 saturated carbocycles. The third kappa shape index (κ3) is 6.67. The second kappa shape index (κ2) is 8.51. The van der Waals surface area contributed by atoms with Crippen LogP contribution in [-0.4, -0.2) is 18.6 Å². The molecule has 0 aromatic carbocycles. The van der Waals surface area contributed by atoms with Gasteiger partial charge in [0.2, 0.25) is 0 Å². The van der Waals surface area contributed by atoms with E-state index in [4.69, 9.17) is 10.5 Å². The molecule has 2 unspecified atom stereocenters. The van der Waals surface area contributed by atoms with Gasteiger partial charge in [-0.2, -0.15) is 0 Å². The SMILES string of the molecule is CCCCOC(=O)CCCC1CCCC(N)C1. The maximum Gasteiger partial charge on any atom is 0.305 e. The number of carbonyl (C=O) groups is 1. The molecule has 0 heterocycles. The fourth-order valence-corrected chi connectivity index (χ4v) is 2.53. The quantitative estimate of drug-likeness (QED) is 0.550. The third-order valence-electron chi connectivity index (χ3n) is 3.58. The van der Waals surface area contributed by atoms with Crippen LogP contribution in [0.15, 0.2) is 0 Å². The molecule has 3 nitrogen and oxygen atoms in total. The monoisotopic (exact) mass is 241 g/mol. The van der Waals surface area contributed by atoms with Gasteiger partial charge in [0.05, 0.1) is 6.61 Å². The summed E-state index contributed by atoms with van der Waals surface area (Å²) in [6.07, 6.45) is 9.59. The number of unbranched alkanes of at least 4 members (excludes halogenated alkanes) is 1. The Morgan fingerprint density at radius 1 is 1.35 bits per heavy atom. The van der Waals surface area contributed by atoms with Crippen molar-refractivity contribution in [1.82, 2.24) is 0 Å². The normalized spacial score (nSPS) is 24.6. The lowest BCUT2D eigenvalue weighted by molar-refractivity contribution is -0.143. The van der Waals surface area contributed by atoms with Crippen molar-refractivity contribution in [2.75, 3.05) is 6.61 Å². The van der Waals surface area contributed by atoms with E-state index in [1.165, 1.54) is 19.3 Å². The zero-order valence-electron chi connectivity index (χ0n) is 11.1. The zero-order valence-corrected chi connectivity index (χ0v) is 11.1. The molecule has 0 amide bonds. The maximum absolute atomic E-state index is 11.4. The lowest BCUT2D eigenvalue weighted by Crippen LogP contribution is -2.27. The van der Waals surface area contributed by atoms with Crippen molar-refractivity contribution in [3.8, 4) is 0 Å². The van der Waals surface area contributed by atoms with Crippen molar-refractivity contribution < 1.29 is 9.53 Å². The highest BCUT2D eigenvalue weighted by Crippen LogP contribution is 2.27. The number of hydrogen-bond acceptors (Lipinski definition) is 3. The predicted molar refractivity (Wildman–Crippen MR) is 69.7 cm³/mol. The van der Waals surface area contributed by atoms with Gasteiger partial charge >= 0.3 is 5.97 Å². The van der Waals surface area contributed by atoms with Gasteiger partial charge in [0.1, 0.15) is 0 Å². The van der Waals surface area contributed by atoms with Crippen LogP contribution in [-0.2, 0) is 9.53 Å². The highest BCUT2D eigenvalue weighted by molar-refractivity contribution is 5.69. The van der Waals surface area contributed by atoms with Gasteiger partial charge in [-0.1, -0.05) is 26.2 Å². The summed E-state index contributed by atoms with van der Waals surface area (Å²) in [5.74, 6) is 0.709. The summed E-state index contributed by atoms with van der Waals surface area (Å²) in [5.41, 5.74) is 5.95. The van der Waals surface area contributed by atoms with Gasteiger partial charge in [0, 0.05) is 12.5 Å². The first-order valence-corrected chi connectivity index (χ1v) is 7.13. The van der Waals surface area contributed by atoms with Gasteiger partial charge in [-0.05, 0) is 38.0 Å². The zero-order chi connectivity index (χ0) is 12.5. The highest BCUT2D eigenvalue weighted by Gasteiger charge is 2.19. The van der Waals surface area contributed by atoms with Gasteiger partial charge < -0.3 is 10.5 Å². The second-order valence-corrected chi connectivity index (χ2v) is 5.26. The number of ether oxygens (including phenoxy) is 1. The van der Waals surface area contributed by atoms with Crippen LogP contribution in [0.5, 0.6) is 0 Å². The first-order valence-electron chi connectivity index (χ1n) is 7.13. The minimum absolute atomic E-state index is 0.0291. The molecule has 0 aliphatic heterocycles. The van der Waals surface area contributed by atoms with Crippen LogP contribution in [0, 0.1) is 5.92 Å². The van der Waals surface area contributed by atoms with Crippen LogP contribution in [0.1, 0.15) is 64.7 Å². The van der Waals surface area contributed by atoms with Gasteiger partial charge in [-0.25, -0.2) is 0 Å². The molecule has 0 spiro atoms. The van der Waals surface area contributed by atoms with E-state index in [1.807, 2.05) is 0 Å². The molecule has 0 aromatic rings. The molecule has 0 radical (unpaired) electrons. The molecular weight excluding hydrogens is 214 g/mol. The van der Waals surface area contributed by atoms with Crippen LogP contribution in [0.25, 0.3) is 0 Å². The molecular formula is C14H27NO2. The average Bonchev–Trinajstić information content (AvgIpc) is 2.29. The van der Waals surface area contributed by atoms with E-state index >= 15 is 0 Å². The second-order valence-electron chi connectivity index (χ2n) is 5.26. The Morgan fingerprint density at radius 3 is 2.88 bits per heavy atom. The number of hydrogen-bond donors (Lipinski definition) is 1. The fraction of sp³-hybridized carbons (Fsp3) is 0.929. The van der Waals surface area contributed by atoms with Crippen LogP contribution in [0.3, 0.4) is 0 Å². The Morgan fingerprint density at radius 2 is 2.18 bits per heavy atom. The molecule has 1 rings (SSSR count). The maximum atomic E-state index is 11.4. The first kappa shape index (κ1) is 14.5. The largest absolute Gasteiger partial charge is 0.466 e. The molecule has 0 aromatic heterocycles. The van der Waals surface area contributed by atoms with Gasteiger partial charge in [0.25, 0.3) is 0 Å². The minimum atomic E-state index is -0.0291. The van der Waals surface area contributed by atoms with E-state index in [0.29, 0.717) is 19.1 Å². The van der Waals surface area contributed by atoms with E-state index in [9.17, 15) is 4.79 Å². The Kier molecular flexibility index (Phi) is 7.25. The molecule has 17 heavy (non-hydrogen) atoms. The summed E-state index contributed by atoms with van der Waals surface area (Å²) in [7, 11) is 0. The van der Waals surface area contributed by atoms with Crippen LogP contribution in [0.4, 0.5) is 0 Å². The van der Waals surface area contributed by atoms with E-state index in [0.717, 1.165) is 38.0 Å². The molecule has 2 atom stereocenters. The average molecular weight is 241 g/mol. The van der Waals surface area contributed by atoms with Crippen molar-refractivity contribution in [2.45, 2.75) is 70.8 Å². The number of carbonyl (C=O) groups excluding carboxylic acids is 1. The van der Waals surface area contributed by atoms with Crippen LogP contribution in [0.2, 0.25) is 0 Å². The fourth-order valence-electron chi connectivity index (χ4n) is 2.53. The third-order valence-corrected chi connectivity index (χ3v) is 3.58. The van der Waals surface area contributed by atoms with E-state index in [-0.39, 0.29) is 5.97 Å².